The maximum atomic E-state index is 12.5. The van der Waals surface area contributed by atoms with Crippen LogP contribution in [0.5, 0.6) is 5.75 Å². The number of anilines is 1. The number of nitriles is 1. The van der Waals surface area contributed by atoms with E-state index in [-0.39, 0.29) is 18.7 Å². The number of hydrogen-bond donors (Lipinski definition) is 2. The van der Waals surface area contributed by atoms with Crippen LogP contribution in [-0.4, -0.2) is 36.2 Å². The van der Waals surface area contributed by atoms with Gasteiger partial charge in [-0.15, -0.1) is 0 Å². The Morgan fingerprint density at radius 3 is 2.70 bits per heavy atom. The zero-order valence-electron chi connectivity index (χ0n) is 14.9. The van der Waals surface area contributed by atoms with Crippen LogP contribution in [0.25, 0.3) is 0 Å². The van der Waals surface area contributed by atoms with Crippen LogP contribution in [-0.2, 0) is 11.3 Å². The molecule has 0 aliphatic carbocycles. The van der Waals surface area contributed by atoms with Crippen molar-refractivity contribution >= 4 is 23.2 Å². The lowest BCUT2D eigenvalue weighted by molar-refractivity contribution is -0.112. The summed E-state index contributed by atoms with van der Waals surface area (Å²) in [6.07, 6.45) is 1.44. The zero-order chi connectivity index (χ0) is 19.6. The summed E-state index contributed by atoms with van der Waals surface area (Å²) in [5, 5.41) is 21.8. The molecule has 2 N–H and O–H groups in total. The molecule has 0 bridgehead atoms. The third-order valence-electron chi connectivity index (χ3n) is 3.70. The minimum Gasteiger partial charge on any atom is -0.495 e. The highest BCUT2D eigenvalue weighted by molar-refractivity contribution is 6.31. The molecule has 0 aliphatic heterocycles. The quantitative estimate of drug-likeness (QED) is 0.538. The van der Waals surface area contributed by atoms with E-state index in [0.29, 0.717) is 23.0 Å². The van der Waals surface area contributed by atoms with Crippen molar-refractivity contribution in [3.05, 3.63) is 70.9 Å². The largest absolute Gasteiger partial charge is 0.495 e. The van der Waals surface area contributed by atoms with Crippen LogP contribution < -0.4 is 10.1 Å². The second-order valence-corrected chi connectivity index (χ2v) is 6.07. The summed E-state index contributed by atoms with van der Waals surface area (Å²) < 4.78 is 5.19. The molecule has 0 aromatic heterocycles. The molecular weight excluding hydrogens is 366 g/mol. The van der Waals surface area contributed by atoms with Gasteiger partial charge in [-0.25, -0.2) is 0 Å². The normalized spacial score (nSPS) is 10.8. The Kier molecular flexibility index (Phi) is 7.68. The van der Waals surface area contributed by atoms with Crippen LogP contribution in [0.4, 0.5) is 5.69 Å². The van der Waals surface area contributed by atoms with Gasteiger partial charge in [0.2, 0.25) is 0 Å². The molecule has 0 fully saturated rings. The molecule has 2 aromatic carbocycles. The first-order chi connectivity index (χ1) is 13.1. The Balaban J connectivity index is 2.20. The Morgan fingerprint density at radius 2 is 2.07 bits per heavy atom. The van der Waals surface area contributed by atoms with E-state index in [1.165, 1.54) is 13.3 Å². The van der Waals surface area contributed by atoms with Gasteiger partial charge in [0.15, 0.2) is 0 Å². The first-order valence-electron chi connectivity index (χ1n) is 8.23. The van der Waals surface area contributed by atoms with Crippen molar-refractivity contribution in [2.24, 2.45) is 0 Å². The number of amides is 1. The predicted molar refractivity (Wildman–Crippen MR) is 104 cm³/mol. The number of rotatable bonds is 8. The van der Waals surface area contributed by atoms with Crippen LogP contribution >= 0.6 is 11.6 Å². The van der Waals surface area contributed by atoms with Gasteiger partial charge in [0.25, 0.3) is 5.91 Å². The summed E-state index contributed by atoms with van der Waals surface area (Å²) >= 11 is 5.96. The van der Waals surface area contributed by atoms with Crippen molar-refractivity contribution in [3.8, 4) is 11.8 Å². The lowest BCUT2D eigenvalue weighted by atomic mass is 10.2. The van der Waals surface area contributed by atoms with Crippen molar-refractivity contribution in [1.29, 1.82) is 5.26 Å². The SMILES string of the molecule is COc1ccc(Cl)cc1NC(=O)/C(C#N)=C\N(CCO)Cc1ccccc1. The fourth-order valence-corrected chi connectivity index (χ4v) is 2.60. The van der Waals surface area contributed by atoms with Crippen molar-refractivity contribution < 1.29 is 14.6 Å². The maximum Gasteiger partial charge on any atom is 0.267 e. The highest BCUT2D eigenvalue weighted by Crippen LogP contribution is 2.28. The fraction of sp³-hybridized carbons (Fsp3) is 0.200. The average molecular weight is 386 g/mol. The minimum absolute atomic E-state index is 0.0959. The topological polar surface area (TPSA) is 85.6 Å². The summed E-state index contributed by atoms with van der Waals surface area (Å²) in [7, 11) is 1.47. The number of carbonyl (C=O) groups excluding carboxylic acids is 1. The molecule has 0 radical (unpaired) electrons. The predicted octanol–water partition coefficient (Wildman–Crippen LogP) is 3.19. The summed E-state index contributed by atoms with van der Waals surface area (Å²) in [5.41, 5.74) is 1.27. The zero-order valence-corrected chi connectivity index (χ0v) is 15.6. The van der Waals surface area contributed by atoms with Crippen molar-refractivity contribution in [2.45, 2.75) is 6.54 Å². The molecule has 0 aliphatic rings. The van der Waals surface area contributed by atoms with Gasteiger partial charge in [0.05, 0.1) is 19.4 Å². The van der Waals surface area contributed by atoms with Crippen LogP contribution in [0.15, 0.2) is 60.3 Å². The van der Waals surface area contributed by atoms with Gasteiger partial charge in [-0.1, -0.05) is 41.9 Å². The van der Waals surface area contributed by atoms with E-state index in [1.807, 2.05) is 36.4 Å². The number of carbonyl (C=O) groups is 1. The van der Waals surface area contributed by atoms with E-state index < -0.39 is 5.91 Å². The van der Waals surface area contributed by atoms with Gasteiger partial charge in [0.1, 0.15) is 17.4 Å². The molecule has 0 saturated heterocycles. The standard InChI is InChI=1S/C20H20ClN3O3/c1-27-19-8-7-17(21)11-18(19)23-20(26)16(12-22)14-24(9-10-25)13-15-5-3-2-4-6-15/h2-8,11,14,25H,9-10,13H2,1H3,(H,23,26)/b16-14-. The highest BCUT2D eigenvalue weighted by Gasteiger charge is 2.14. The summed E-state index contributed by atoms with van der Waals surface area (Å²) in [6, 6.07) is 16.3. The van der Waals surface area contributed by atoms with Gasteiger partial charge in [0, 0.05) is 24.3 Å². The summed E-state index contributed by atoms with van der Waals surface area (Å²) in [4.78, 5) is 14.2. The Bertz CT molecular complexity index is 847. The maximum absolute atomic E-state index is 12.5. The number of nitrogens with zero attached hydrogens (tertiary/aromatic N) is 2. The molecule has 27 heavy (non-hydrogen) atoms. The molecule has 6 nitrogen and oxygen atoms in total. The van der Waals surface area contributed by atoms with E-state index in [1.54, 1.807) is 23.1 Å². The molecule has 0 unspecified atom stereocenters. The van der Waals surface area contributed by atoms with Crippen LogP contribution in [0.2, 0.25) is 5.02 Å². The van der Waals surface area contributed by atoms with Crippen molar-refractivity contribution in [2.75, 3.05) is 25.6 Å². The third-order valence-corrected chi connectivity index (χ3v) is 3.94. The van der Waals surface area contributed by atoms with E-state index in [0.717, 1.165) is 5.56 Å². The molecule has 1 amide bonds. The lowest BCUT2D eigenvalue weighted by Crippen LogP contribution is -2.24. The number of benzene rings is 2. The number of aliphatic hydroxyl groups excluding tert-OH is 1. The molecule has 2 aromatic rings. The molecule has 7 heteroatoms. The number of halogens is 1. The van der Waals surface area contributed by atoms with Crippen molar-refractivity contribution in [1.82, 2.24) is 4.90 Å². The van der Waals surface area contributed by atoms with Gasteiger partial charge in [-0.3, -0.25) is 4.79 Å². The first kappa shape index (κ1) is 20.3. The molecule has 0 saturated carbocycles. The van der Waals surface area contributed by atoms with Crippen LogP contribution in [0.3, 0.4) is 0 Å². The van der Waals surface area contributed by atoms with Gasteiger partial charge in [-0.2, -0.15) is 5.26 Å². The Labute approximate surface area is 163 Å². The monoisotopic (exact) mass is 385 g/mol. The summed E-state index contributed by atoms with van der Waals surface area (Å²) in [6.45, 7) is 0.639. The van der Waals surface area contributed by atoms with Crippen molar-refractivity contribution in [3.63, 3.8) is 0 Å². The average Bonchev–Trinajstić information content (AvgIpc) is 2.67. The van der Waals surface area contributed by atoms with Gasteiger partial charge < -0.3 is 20.1 Å². The molecule has 0 heterocycles. The molecular formula is C20H20ClN3O3. The Morgan fingerprint density at radius 1 is 1.33 bits per heavy atom. The van der Waals surface area contributed by atoms with Crippen LogP contribution in [0.1, 0.15) is 5.56 Å². The number of hydrogen-bond acceptors (Lipinski definition) is 5. The fourth-order valence-electron chi connectivity index (χ4n) is 2.42. The number of aliphatic hydroxyl groups is 1. The first-order valence-corrected chi connectivity index (χ1v) is 8.60. The molecule has 140 valence electrons. The molecule has 2 rings (SSSR count). The van der Waals surface area contributed by atoms with E-state index >= 15 is 0 Å². The smallest absolute Gasteiger partial charge is 0.267 e. The molecule has 0 spiro atoms. The van der Waals surface area contributed by atoms with Gasteiger partial charge in [-0.05, 0) is 23.8 Å². The van der Waals surface area contributed by atoms with Crippen LogP contribution in [0, 0.1) is 11.3 Å². The minimum atomic E-state index is -0.589. The number of methoxy groups -OCH3 is 1. The second-order valence-electron chi connectivity index (χ2n) is 5.63. The number of ether oxygens (including phenoxy) is 1. The lowest BCUT2D eigenvalue weighted by Gasteiger charge is -2.20. The van der Waals surface area contributed by atoms with E-state index in [2.05, 4.69) is 5.32 Å². The van der Waals surface area contributed by atoms with E-state index in [9.17, 15) is 15.2 Å². The van der Waals surface area contributed by atoms with E-state index in [4.69, 9.17) is 16.3 Å². The van der Waals surface area contributed by atoms with Gasteiger partial charge >= 0.3 is 0 Å². The highest BCUT2D eigenvalue weighted by atomic mass is 35.5. The Hall–Kier alpha value is -3.01. The number of nitrogens with one attached hydrogen (secondary N) is 1. The summed E-state index contributed by atoms with van der Waals surface area (Å²) in [5.74, 6) is -0.157. The second kappa shape index (κ2) is 10.2. The molecule has 0 atom stereocenters. The third kappa shape index (κ3) is 6.03.